The lowest BCUT2D eigenvalue weighted by Crippen LogP contribution is -1.77. The molecular weight excluding hydrogens is 98.1 g/mol. The number of rotatable bonds is 4. The molecule has 0 rings (SSSR count). The van der Waals surface area contributed by atoms with Gasteiger partial charge in [0, 0.05) is 12.8 Å². The molecule has 0 saturated heterocycles. The molecule has 0 N–H and O–H groups in total. The molecule has 0 unspecified atom stereocenters. The largest absolute Gasteiger partial charge is 0.293 e. The summed E-state index contributed by atoms with van der Waals surface area (Å²) in [6.07, 6.45) is 5.85. The molecule has 0 radical (unpaired) electrons. The van der Waals surface area contributed by atoms with Gasteiger partial charge in [-0.15, -0.1) is 0 Å². The third kappa shape index (κ3) is 5.41. The van der Waals surface area contributed by atoms with Crippen molar-refractivity contribution in [1.29, 1.82) is 0 Å². The van der Waals surface area contributed by atoms with Crippen LogP contribution >= 0.6 is 0 Å². The molecule has 0 saturated carbocycles. The van der Waals surface area contributed by atoms with Crippen LogP contribution in [-0.4, -0.2) is 12.8 Å². The van der Waals surface area contributed by atoms with Gasteiger partial charge in [-0.25, -0.2) is 0 Å². The highest BCUT2D eigenvalue weighted by Gasteiger charge is 1.74. The number of unbranched alkanes of at least 4 members (excludes halogenated alkanes) is 1. The van der Waals surface area contributed by atoms with Gasteiger partial charge in [0.15, 0.2) is 0 Å². The van der Waals surface area contributed by atoms with E-state index in [0.717, 1.165) is 6.54 Å². The van der Waals surface area contributed by atoms with Crippen molar-refractivity contribution in [2.75, 3.05) is 6.54 Å². The number of aliphatic imine (C=N–C) groups is 1. The van der Waals surface area contributed by atoms with Gasteiger partial charge in [-0.3, -0.25) is 4.99 Å². The maximum Gasteiger partial charge on any atom is 0.0389 e. The fraction of sp³-hybridized carbons (Fsp3) is 0.571. The summed E-state index contributed by atoms with van der Waals surface area (Å²) in [6.45, 7) is 6.61. The van der Waals surface area contributed by atoms with E-state index in [1.165, 1.54) is 12.8 Å². The van der Waals surface area contributed by atoms with Gasteiger partial charge in [0.05, 0.1) is 0 Å². The van der Waals surface area contributed by atoms with Crippen molar-refractivity contribution in [2.45, 2.75) is 19.8 Å². The zero-order valence-corrected chi connectivity index (χ0v) is 5.43. The maximum atomic E-state index is 4.04. The average Bonchev–Trinajstić information content (AvgIpc) is 1.81. The summed E-state index contributed by atoms with van der Waals surface area (Å²) in [5.41, 5.74) is 0. The Bertz CT molecular complexity index is 74.5. The highest BCUT2D eigenvalue weighted by Crippen LogP contribution is 1.84. The van der Waals surface area contributed by atoms with Crippen molar-refractivity contribution in [3.05, 3.63) is 12.7 Å². The van der Waals surface area contributed by atoms with Gasteiger partial charge in [0.1, 0.15) is 0 Å². The van der Waals surface area contributed by atoms with Crippen LogP contribution in [-0.2, 0) is 0 Å². The quantitative estimate of drug-likeness (QED) is 0.389. The van der Waals surface area contributed by atoms with E-state index in [-0.39, 0.29) is 0 Å². The van der Waals surface area contributed by atoms with Crippen LogP contribution in [0.5, 0.6) is 0 Å². The van der Waals surface area contributed by atoms with E-state index < -0.39 is 0 Å². The second-order valence-electron chi connectivity index (χ2n) is 1.64. The third-order valence-electron chi connectivity index (χ3n) is 0.852. The second kappa shape index (κ2) is 6.41. The second-order valence-corrected chi connectivity index (χ2v) is 1.64. The predicted octanol–water partition coefficient (Wildman–Crippen LogP) is 2.04. The fourth-order valence-corrected chi connectivity index (χ4v) is 0.398. The van der Waals surface area contributed by atoms with Crippen LogP contribution in [0.1, 0.15) is 19.8 Å². The monoisotopic (exact) mass is 111 g/mol. The Morgan fingerprint density at radius 1 is 1.62 bits per heavy atom. The minimum atomic E-state index is 0.947. The van der Waals surface area contributed by atoms with Crippen LogP contribution in [0.4, 0.5) is 0 Å². The smallest absolute Gasteiger partial charge is 0.0389 e. The maximum absolute atomic E-state index is 4.04. The normalized spacial score (nSPS) is 10.1. The van der Waals surface area contributed by atoms with E-state index in [2.05, 4.69) is 18.5 Å². The number of hydrogen-bond donors (Lipinski definition) is 0. The standard InChI is InChI=1S/C7H13N/c1-3-5-7-8-6-4-2/h4,6H,2-3,5,7H2,1H3/b8-6-. The Morgan fingerprint density at radius 3 is 2.88 bits per heavy atom. The molecule has 0 spiro atoms. The molecule has 0 aromatic rings. The number of allylic oxidation sites excluding steroid dienone is 1. The highest BCUT2D eigenvalue weighted by atomic mass is 14.7. The van der Waals surface area contributed by atoms with E-state index in [9.17, 15) is 0 Å². The van der Waals surface area contributed by atoms with Crippen molar-refractivity contribution in [3.8, 4) is 0 Å². The van der Waals surface area contributed by atoms with Gasteiger partial charge < -0.3 is 0 Å². The van der Waals surface area contributed by atoms with Crippen LogP contribution in [0.2, 0.25) is 0 Å². The minimum Gasteiger partial charge on any atom is -0.293 e. The SMILES string of the molecule is C=C/C=N\CCCC. The molecule has 0 aliphatic heterocycles. The predicted molar refractivity (Wildman–Crippen MR) is 38.5 cm³/mol. The molecule has 1 heteroatoms. The molecule has 0 heterocycles. The van der Waals surface area contributed by atoms with Crippen LogP contribution in [0.15, 0.2) is 17.6 Å². The summed E-state index contributed by atoms with van der Waals surface area (Å²) in [6, 6.07) is 0. The lowest BCUT2D eigenvalue weighted by molar-refractivity contribution is 0.810. The molecule has 0 amide bonds. The van der Waals surface area contributed by atoms with Crippen molar-refractivity contribution < 1.29 is 0 Å². The van der Waals surface area contributed by atoms with Gasteiger partial charge in [-0.1, -0.05) is 26.0 Å². The zero-order valence-electron chi connectivity index (χ0n) is 5.43. The summed E-state index contributed by atoms with van der Waals surface area (Å²) in [7, 11) is 0. The van der Waals surface area contributed by atoms with Crippen LogP contribution in [0.3, 0.4) is 0 Å². The van der Waals surface area contributed by atoms with Gasteiger partial charge in [-0.2, -0.15) is 0 Å². The summed E-state index contributed by atoms with van der Waals surface area (Å²) >= 11 is 0. The first-order valence-corrected chi connectivity index (χ1v) is 3.02. The lowest BCUT2D eigenvalue weighted by atomic mass is 10.3. The van der Waals surface area contributed by atoms with Crippen molar-refractivity contribution >= 4 is 6.21 Å². The van der Waals surface area contributed by atoms with Crippen LogP contribution in [0, 0.1) is 0 Å². The first-order chi connectivity index (χ1) is 3.91. The molecule has 0 fully saturated rings. The molecule has 0 aromatic heterocycles. The highest BCUT2D eigenvalue weighted by molar-refractivity contribution is 5.69. The molecule has 0 bridgehead atoms. The van der Waals surface area contributed by atoms with Crippen molar-refractivity contribution in [1.82, 2.24) is 0 Å². The molecular formula is C7H13N. The molecule has 8 heavy (non-hydrogen) atoms. The van der Waals surface area contributed by atoms with Crippen molar-refractivity contribution in [3.63, 3.8) is 0 Å². The van der Waals surface area contributed by atoms with Gasteiger partial charge in [-0.05, 0) is 6.42 Å². The molecule has 0 aliphatic carbocycles. The van der Waals surface area contributed by atoms with E-state index in [4.69, 9.17) is 0 Å². The van der Waals surface area contributed by atoms with Gasteiger partial charge in [0.2, 0.25) is 0 Å². The lowest BCUT2D eigenvalue weighted by Gasteiger charge is -1.84. The Morgan fingerprint density at radius 2 is 2.38 bits per heavy atom. The number of hydrogen-bond acceptors (Lipinski definition) is 1. The Balaban J connectivity index is 2.91. The van der Waals surface area contributed by atoms with Gasteiger partial charge >= 0.3 is 0 Å². The zero-order chi connectivity index (χ0) is 6.24. The van der Waals surface area contributed by atoms with E-state index >= 15 is 0 Å². The van der Waals surface area contributed by atoms with Crippen LogP contribution < -0.4 is 0 Å². The topological polar surface area (TPSA) is 12.4 Å². The summed E-state index contributed by atoms with van der Waals surface area (Å²) in [5.74, 6) is 0. The Labute approximate surface area is 51.1 Å². The summed E-state index contributed by atoms with van der Waals surface area (Å²) < 4.78 is 0. The molecule has 0 atom stereocenters. The third-order valence-corrected chi connectivity index (χ3v) is 0.852. The average molecular weight is 111 g/mol. The van der Waals surface area contributed by atoms with E-state index in [0.29, 0.717) is 0 Å². The summed E-state index contributed by atoms with van der Waals surface area (Å²) in [4.78, 5) is 4.04. The van der Waals surface area contributed by atoms with Crippen molar-refractivity contribution in [2.24, 2.45) is 4.99 Å². The minimum absolute atomic E-state index is 0.947. The van der Waals surface area contributed by atoms with E-state index in [1.807, 2.05) is 0 Å². The first-order valence-electron chi connectivity index (χ1n) is 3.02. The fourth-order valence-electron chi connectivity index (χ4n) is 0.398. The molecule has 46 valence electrons. The molecule has 0 aromatic carbocycles. The van der Waals surface area contributed by atoms with Crippen LogP contribution in [0.25, 0.3) is 0 Å². The summed E-state index contributed by atoms with van der Waals surface area (Å²) in [5, 5.41) is 0. The number of nitrogens with zero attached hydrogens (tertiary/aromatic N) is 1. The van der Waals surface area contributed by atoms with E-state index in [1.54, 1.807) is 12.3 Å². The Kier molecular flexibility index (Phi) is 5.94. The first kappa shape index (κ1) is 7.41. The van der Waals surface area contributed by atoms with Gasteiger partial charge in [0.25, 0.3) is 0 Å². The Hall–Kier alpha value is -0.590. The molecule has 0 aliphatic rings. The molecule has 1 nitrogen and oxygen atoms in total.